The fourth-order valence-corrected chi connectivity index (χ4v) is 3.68. The molecule has 0 aliphatic carbocycles. The Bertz CT molecular complexity index is 984. The summed E-state index contributed by atoms with van der Waals surface area (Å²) in [6.45, 7) is 1.21. The van der Waals surface area contributed by atoms with E-state index in [1.54, 1.807) is 25.3 Å². The Morgan fingerprint density at radius 2 is 2.04 bits per heavy atom. The predicted octanol–water partition coefficient (Wildman–Crippen LogP) is 5.21. The van der Waals surface area contributed by atoms with Crippen LogP contribution in [0.1, 0.15) is 19.3 Å². The third-order valence-electron chi connectivity index (χ3n) is 4.85. The van der Waals surface area contributed by atoms with E-state index in [-0.39, 0.29) is 6.10 Å². The quantitative estimate of drug-likeness (QED) is 0.611. The molecular formula is C20H19ClF2N2O2. The zero-order valence-corrected chi connectivity index (χ0v) is 15.6. The molecule has 0 radical (unpaired) electrons. The third-order valence-corrected chi connectivity index (χ3v) is 5.09. The van der Waals surface area contributed by atoms with Gasteiger partial charge in [-0.3, -0.25) is 0 Å². The lowest BCUT2D eigenvalue weighted by molar-refractivity contribution is 0.00685. The molecule has 0 bridgehead atoms. The number of benzene rings is 2. The first-order valence-corrected chi connectivity index (χ1v) is 9.25. The lowest BCUT2D eigenvalue weighted by Gasteiger charge is -2.24. The number of halogens is 3. The van der Waals surface area contributed by atoms with Crippen molar-refractivity contribution in [1.29, 1.82) is 0 Å². The van der Waals surface area contributed by atoms with E-state index < -0.39 is 11.6 Å². The van der Waals surface area contributed by atoms with Gasteiger partial charge in [-0.25, -0.2) is 13.8 Å². The zero-order chi connectivity index (χ0) is 19.0. The summed E-state index contributed by atoms with van der Waals surface area (Å²) in [6, 6.07) is 7.54. The van der Waals surface area contributed by atoms with Gasteiger partial charge in [0.2, 0.25) is 0 Å². The van der Waals surface area contributed by atoms with E-state index in [0.29, 0.717) is 46.3 Å². The standard InChI is InChI=1S/C20H19ClF2N2O2/c1-26-19-8-12(21)5-6-14(19)20-24-17-9-15(22)16(23)10-18(17)25(20)11-13-4-2-3-7-27-13/h5-6,8-10,13H,2-4,7,11H2,1H3. The molecule has 1 saturated heterocycles. The van der Waals surface area contributed by atoms with Crippen molar-refractivity contribution in [1.82, 2.24) is 9.55 Å². The topological polar surface area (TPSA) is 36.3 Å². The molecule has 2 aromatic carbocycles. The van der Waals surface area contributed by atoms with Crippen molar-refractivity contribution in [3.63, 3.8) is 0 Å². The van der Waals surface area contributed by atoms with Crippen LogP contribution in [-0.2, 0) is 11.3 Å². The molecule has 142 valence electrons. The monoisotopic (exact) mass is 392 g/mol. The fraction of sp³-hybridized carbons (Fsp3) is 0.350. The van der Waals surface area contributed by atoms with Crippen molar-refractivity contribution in [2.45, 2.75) is 31.9 Å². The normalized spacial score (nSPS) is 17.4. The SMILES string of the molecule is COc1cc(Cl)ccc1-c1nc2cc(F)c(F)cc2n1CC1CCCCO1. The molecule has 0 amide bonds. The largest absolute Gasteiger partial charge is 0.496 e. The van der Waals surface area contributed by atoms with Gasteiger partial charge in [0, 0.05) is 23.8 Å². The molecular weight excluding hydrogens is 374 g/mol. The molecule has 7 heteroatoms. The number of hydrogen-bond acceptors (Lipinski definition) is 3. The summed E-state index contributed by atoms with van der Waals surface area (Å²) in [6.07, 6.45) is 3.04. The minimum absolute atomic E-state index is 0.00121. The van der Waals surface area contributed by atoms with E-state index in [0.717, 1.165) is 25.3 Å². The van der Waals surface area contributed by atoms with Crippen molar-refractivity contribution < 1.29 is 18.3 Å². The van der Waals surface area contributed by atoms with E-state index in [2.05, 4.69) is 4.98 Å². The lowest BCUT2D eigenvalue weighted by Crippen LogP contribution is -2.24. The highest BCUT2D eigenvalue weighted by Gasteiger charge is 2.22. The van der Waals surface area contributed by atoms with Gasteiger partial charge in [0.05, 0.1) is 36.4 Å². The smallest absolute Gasteiger partial charge is 0.161 e. The summed E-state index contributed by atoms with van der Waals surface area (Å²) >= 11 is 6.07. The van der Waals surface area contributed by atoms with Gasteiger partial charge in [-0.05, 0) is 37.5 Å². The average molecular weight is 393 g/mol. The Morgan fingerprint density at radius 3 is 2.78 bits per heavy atom. The zero-order valence-electron chi connectivity index (χ0n) is 14.8. The van der Waals surface area contributed by atoms with Crippen LogP contribution in [0.5, 0.6) is 5.75 Å². The second kappa shape index (κ2) is 7.44. The Balaban J connectivity index is 1.89. The molecule has 0 saturated carbocycles. The Morgan fingerprint density at radius 1 is 1.22 bits per heavy atom. The van der Waals surface area contributed by atoms with Crippen molar-refractivity contribution in [3.8, 4) is 17.1 Å². The molecule has 4 rings (SSSR count). The molecule has 2 heterocycles. The molecule has 0 spiro atoms. The Labute approximate surface area is 160 Å². The molecule has 1 aliphatic rings. The van der Waals surface area contributed by atoms with Gasteiger partial charge >= 0.3 is 0 Å². The number of rotatable bonds is 4. The van der Waals surface area contributed by atoms with Gasteiger partial charge in [0.25, 0.3) is 0 Å². The number of ether oxygens (including phenoxy) is 2. The number of imidazole rings is 1. The molecule has 1 unspecified atom stereocenters. The Kier molecular flexibility index (Phi) is 5.02. The summed E-state index contributed by atoms with van der Waals surface area (Å²) in [4.78, 5) is 4.57. The molecule has 0 N–H and O–H groups in total. The van der Waals surface area contributed by atoms with Crippen molar-refractivity contribution in [3.05, 3.63) is 47.0 Å². The molecule has 3 aromatic rings. The van der Waals surface area contributed by atoms with Gasteiger partial charge in [-0.2, -0.15) is 0 Å². The number of fused-ring (bicyclic) bond motifs is 1. The van der Waals surface area contributed by atoms with Crippen LogP contribution in [0.25, 0.3) is 22.4 Å². The highest BCUT2D eigenvalue weighted by molar-refractivity contribution is 6.30. The lowest BCUT2D eigenvalue weighted by atomic mass is 10.1. The first-order chi connectivity index (χ1) is 13.1. The van der Waals surface area contributed by atoms with Crippen LogP contribution in [0.4, 0.5) is 8.78 Å². The van der Waals surface area contributed by atoms with Crippen LogP contribution in [0.3, 0.4) is 0 Å². The van der Waals surface area contributed by atoms with E-state index >= 15 is 0 Å². The highest BCUT2D eigenvalue weighted by atomic mass is 35.5. The van der Waals surface area contributed by atoms with Crippen LogP contribution in [0.15, 0.2) is 30.3 Å². The predicted molar refractivity (Wildman–Crippen MR) is 100 cm³/mol. The van der Waals surface area contributed by atoms with E-state index in [4.69, 9.17) is 21.1 Å². The maximum Gasteiger partial charge on any atom is 0.161 e. The van der Waals surface area contributed by atoms with Crippen molar-refractivity contribution in [2.24, 2.45) is 0 Å². The van der Waals surface area contributed by atoms with Crippen LogP contribution in [0.2, 0.25) is 5.02 Å². The van der Waals surface area contributed by atoms with Crippen LogP contribution in [0, 0.1) is 11.6 Å². The van der Waals surface area contributed by atoms with Gasteiger partial charge in [0.1, 0.15) is 11.6 Å². The van der Waals surface area contributed by atoms with E-state index in [1.165, 1.54) is 6.07 Å². The number of methoxy groups -OCH3 is 1. The molecule has 4 nitrogen and oxygen atoms in total. The molecule has 1 aromatic heterocycles. The fourth-order valence-electron chi connectivity index (χ4n) is 3.52. The number of hydrogen-bond donors (Lipinski definition) is 0. The minimum Gasteiger partial charge on any atom is -0.496 e. The number of aromatic nitrogens is 2. The van der Waals surface area contributed by atoms with Gasteiger partial charge in [-0.15, -0.1) is 0 Å². The average Bonchev–Trinajstić information content (AvgIpc) is 3.00. The second-order valence-electron chi connectivity index (χ2n) is 6.63. The third kappa shape index (κ3) is 3.51. The summed E-state index contributed by atoms with van der Waals surface area (Å²) in [5.74, 6) is -0.708. The first-order valence-electron chi connectivity index (χ1n) is 8.87. The first kappa shape index (κ1) is 18.2. The molecule has 27 heavy (non-hydrogen) atoms. The van der Waals surface area contributed by atoms with Crippen LogP contribution in [-0.4, -0.2) is 29.4 Å². The maximum atomic E-state index is 13.9. The minimum atomic E-state index is -0.921. The summed E-state index contributed by atoms with van der Waals surface area (Å²) in [5.41, 5.74) is 1.61. The van der Waals surface area contributed by atoms with E-state index in [1.807, 2.05) is 4.57 Å². The van der Waals surface area contributed by atoms with Crippen LogP contribution >= 0.6 is 11.6 Å². The molecule has 1 fully saturated rings. The van der Waals surface area contributed by atoms with Crippen LogP contribution < -0.4 is 4.74 Å². The van der Waals surface area contributed by atoms with Crippen molar-refractivity contribution >= 4 is 22.6 Å². The van der Waals surface area contributed by atoms with Gasteiger partial charge < -0.3 is 14.0 Å². The Hall–Kier alpha value is -2.18. The highest BCUT2D eigenvalue weighted by Crippen LogP contribution is 2.35. The second-order valence-corrected chi connectivity index (χ2v) is 7.07. The maximum absolute atomic E-state index is 13.9. The summed E-state index contributed by atoms with van der Waals surface area (Å²) in [7, 11) is 1.55. The molecule has 1 aliphatic heterocycles. The summed E-state index contributed by atoms with van der Waals surface area (Å²) < 4.78 is 40.9. The number of nitrogens with zero attached hydrogens (tertiary/aromatic N) is 2. The van der Waals surface area contributed by atoms with Crippen molar-refractivity contribution in [2.75, 3.05) is 13.7 Å². The van der Waals surface area contributed by atoms with Gasteiger partial charge in [0.15, 0.2) is 11.6 Å². The molecule has 1 atom stereocenters. The van der Waals surface area contributed by atoms with E-state index in [9.17, 15) is 8.78 Å². The summed E-state index contributed by atoms with van der Waals surface area (Å²) in [5, 5.41) is 0.533. The van der Waals surface area contributed by atoms with Gasteiger partial charge in [-0.1, -0.05) is 11.6 Å².